The number of esters is 1. The smallest absolute Gasteiger partial charge is 0.327 e. The Balaban J connectivity index is 1.91. The highest BCUT2D eigenvalue weighted by atomic mass is 16.5. The van der Waals surface area contributed by atoms with E-state index in [2.05, 4.69) is 10.6 Å². The topological polar surface area (TPSA) is 114 Å². The number of methoxy groups -OCH3 is 1. The number of nitrogens with zero attached hydrogens (tertiary/aromatic N) is 1. The Bertz CT molecular complexity index is 581. The third-order valence-electron chi connectivity index (χ3n) is 5.07. The molecule has 1 spiro atoms. The van der Waals surface area contributed by atoms with Gasteiger partial charge in [0.25, 0.3) is 11.8 Å². The Kier molecular flexibility index (Phi) is 6.57. The minimum absolute atomic E-state index is 0.0132. The van der Waals surface area contributed by atoms with E-state index in [9.17, 15) is 19.2 Å². The Morgan fingerprint density at radius 1 is 1.38 bits per heavy atom. The molecule has 1 saturated heterocycles. The molecule has 2 fully saturated rings. The average Bonchev–Trinajstić information content (AvgIpc) is 2.82. The second kappa shape index (κ2) is 8.48. The standard InChI is InChI=1S/C17H27N3O6/c1-11-6-4-5-7-17(11)15(23)20(16(24)19-17)10-13(21)26-12(2)14(22)18-8-9-25-3/h11-12H,4-10H2,1-3H3,(H,18,22)(H,19,24)/t11-,12+,17-/m1/s1. The van der Waals surface area contributed by atoms with Crippen LogP contribution in [-0.2, 0) is 23.9 Å². The van der Waals surface area contributed by atoms with Gasteiger partial charge in [-0.3, -0.25) is 19.3 Å². The van der Waals surface area contributed by atoms with Crippen LogP contribution in [0.1, 0.15) is 39.5 Å². The van der Waals surface area contributed by atoms with Crippen molar-refractivity contribution in [3.63, 3.8) is 0 Å². The molecule has 0 aromatic rings. The summed E-state index contributed by atoms with van der Waals surface area (Å²) < 4.78 is 9.86. The fourth-order valence-corrected chi connectivity index (χ4v) is 3.48. The first-order chi connectivity index (χ1) is 12.3. The average molecular weight is 369 g/mol. The predicted molar refractivity (Wildman–Crippen MR) is 91.0 cm³/mol. The second-order valence-corrected chi connectivity index (χ2v) is 6.86. The molecule has 1 saturated carbocycles. The molecule has 26 heavy (non-hydrogen) atoms. The lowest BCUT2D eigenvalue weighted by Crippen LogP contribution is -2.54. The number of urea groups is 1. The van der Waals surface area contributed by atoms with Crippen LogP contribution in [0.4, 0.5) is 4.79 Å². The van der Waals surface area contributed by atoms with Crippen LogP contribution < -0.4 is 10.6 Å². The van der Waals surface area contributed by atoms with Gasteiger partial charge in [-0.1, -0.05) is 19.8 Å². The highest BCUT2D eigenvalue weighted by Crippen LogP contribution is 2.38. The number of hydrogen-bond donors (Lipinski definition) is 2. The molecule has 3 atom stereocenters. The van der Waals surface area contributed by atoms with Gasteiger partial charge in [0.15, 0.2) is 6.10 Å². The summed E-state index contributed by atoms with van der Waals surface area (Å²) in [4.78, 5) is 49.8. The Morgan fingerprint density at radius 3 is 2.77 bits per heavy atom. The largest absolute Gasteiger partial charge is 0.451 e. The van der Waals surface area contributed by atoms with Crippen LogP contribution in [0, 0.1) is 5.92 Å². The van der Waals surface area contributed by atoms with Gasteiger partial charge in [0.2, 0.25) is 0 Å². The summed E-state index contributed by atoms with van der Waals surface area (Å²) in [7, 11) is 1.51. The van der Waals surface area contributed by atoms with Crippen molar-refractivity contribution in [1.82, 2.24) is 15.5 Å². The van der Waals surface area contributed by atoms with Gasteiger partial charge in [-0.2, -0.15) is 0 Å². The van der Waals surface area contributed by atoms with Crippen molar-refractivity contribution in [2.24, 2.45) is 5.92 Å². The molecule has 1 aliphatic heterocycles. The van der Waals surface area contributed by atoms with Crippen molar-refractivity contribution in [1.29, 1.82) is 0 Å². The van der Waals surface area contributed by atoms with E-state index in [4.69, 9.17) is 9.47 Å². The number of rotatable bonds is 7. The van der Waals surface area contributed by atoms with Crippen LogP contribution in [0.15, 0.2) is 0 Å². The van der Waals surface area contributed by atoms with Gasteiger partial charge in [0, 0.05) is 13.7 Å². The summed E-state index contributed by atoms with van der Waals surface area (Å²) in [5.74, 6) is -1.64. The van der Waals surface area contributed by atoms with E-state index in [0.29, 0.717) is 19.6 Å². The monoisotopic (exact) mass is 369 g/mol. The van der Waals surface area contributed by atoms with Crippen molar-refractivity contribution in [3.05, 3.63) is 0 Å². The molecule has 1 aliphatic carbocycles. The van der Waals surface area contributed by atoms with Crippen LogP contribution in [-0.4, -0.2) is 67.2 Å². The molecule has 2 N–H and O–H groups in total. The Labute approximate surface area is 152 Å². The van der Waals surface area contributed by atoms with E-state index in [-0.39, 0.29) is 11.8 Å². The molecule has 2 rings (SSSR count). The number of ether oxygens (including phenoxy) is 2. The normalized spacial score (nSPS) is 26.6. The number of carbonyl (C=O) groups is 4. The van der Waals surface area contributed by atoms with Gasteiger partial charge in [-0.15, -0.1) is 0 Å². The third kappa shape index (κ3) is 4.14. The van der Waals surface area contributed by atoms with Crippen molar-refractivity contribution in [3.8, 4) is 0 Å². The van der Waals surface area contributed by atoms with E-state index in [1.54, 1.807) is 0 Å². The minimum atomic E-state index is -1.03. The lowest BCUT2D eigenvalue weighted by molar-refractivity contribution is -0.157. The molecular formula is C17H27N3O6. The molecule has 1 heterocycles. The lowest BCUT2D eigenvalue weighted by atomic mass is 9.73. The first-order valence-electron chi connectivity index (χ1n) is 8.92. The van der Waals surface area contributed by atoms with Crippen molar-refractivity contribution in [2.75, 3.05) is 26.8 Å². The summed E-state index contributed by atoms with van der Waals surface area (Å²) in [6, 6.07) is -0.585. The zero-order chi connectivity index (χ0) is 19.3. The molecule has 146 valence electrons. The maximum atomic E-state index is 12.8. The molecule has 0 bridgehead atoms. The van der Waals surface area contributed by atoms with E-state index >= 15 is 0 Å². The van der Waals surface area contributed by atoms with Crippen LogP contribution >= 0.6 is 0 Å². The van der Waals surface area contributed by atoms with E-state index < -0.39 is 36.1 Å². The lowest BCUT2D eigenvalue weighted by Gasteiger charge is -2.36. The molecule has 0 aromatic heterocycles. The van der Waals surface area contributed by atoms with Crippen molar-refractivity contribution in [2.45, 2.75) is 51.2 Å². The highest BCUT2D eigenvalue weighted by Gasteiger charge is 2.55. The third-order valence-corrected chi connectivity index (χ3v) is 5.07. The SMILES string of the molecule is COCCNC(=O)[C@H](C)OC(=O)CN1C(=O)N[C@@]2(CCCC[C@H]2C)C1=O. The second-order valence-electron chi connectivity index (χ2n) is 6.86. The number of amides is 4. The quantitative estimate of drug-likeness (QED) is 0.376. The summed E-state index contributed by atoms with van der Waals surface area (Å²) in [6.45, 7) is 3.50. The summed E-state index contributed by atoms with van der Waals surface area (Å²) in [5, 5.41) is 5.32. The van der Waals surface area contributed by atoms with E-state index in [1.165, 1.54) is 14.0 Å². The van der Waals surface area contributed by atoms with E-state index in [0.717, 1.165) is 24.2 Å². The molecular weight excluding hydrogens is 342 g/mol. The van der Waals surface area contributed by atoms with E-state index in [1.807, 2.05) is 6.92 Å². The number of carbonyl (C=O) groups excluding carboxylic acids is 4. The maximum Gasteiger partial charge on any atom is 0.327 e. The fourth-order valence-electron chi connectivity index (χ4n) is 3.48. The molecule has 0 unspecified atom stereocenters. The van der Waals surface area contributed by atoms with Gasteiger partial charge in [0.1, 0.15) is 12.1 Å². The van der Waals surface area contributed by atoms with Crippen LogP contribution in [0.3, 0.4) is 0 Å². The van der Waals surface area contributed by atoms with Crippen LogP contribution in [0.2, 0.25) is 0 Å². The highest BCUT2D eigenvalue weighted by molar-refractivity contribution is 6.09. The maximum absolute atomic E-state index is 12.8. The van der Waals surface area contributed by atoms with Gasteiger partial charge >= 0.3 is 12.0 Å². The summed E-state index contributed by atoms with van der Waals surface area (Å²) >= 11 is 0. The number of nitrogens with one attached hydrogen (secondary N) is 2. The minimum Gasteiger partial charge on any atom is -0.451 e. The van der Waals surface area contributed by atoms with Gasteiger partial charge in [-0.25, -0.2) is 4.79 Å². The fraction of sp³-hybridized carbons (Fsp3) is 0.765. The summed E-state index contributed by atoms with van der Waals surface area (Å²) in [5.41, 5.74) is -0.918. The molecule has 9 nitrogen and oxygen atoms in total. The van der Waals surface area contributed by atoms with Gasteiger partial charge < -0.3 is 20.1 Å². The molecule has 0 radical (unpaired) electrons. The zero-order valence-corrected chi connectivity index (χ0v) is 15.5. The zero-order valence-electron chi connectivity index (χ0n) is 15.5. The Hall–Kier alpha value is -2.16. The first kappa shape index (κ1) is 20.2. The number of imide groups is 1. The number of hydrogen-bond acceptors (Lipinski definition) is 6. The van der Waals surface area contributed by atoms with Crippen molar-refractivity contribution >= 4 is 23.8 Å². The van der Waals surface area contributed by atoms with Crippen LogP contribution in [0.5, 0.6) is 0 Å². The molecule has 2 aliphatic rings. The molecule has 4 amide bonds. The van der Waals surface area contributed by atoms with Gasteiger partial charge in [0.05, 0.1) is 6.61 Å². The van der Waals surface area contributed by atoms with Crippen LogP contribution in [0.25, 0.3) is 0 Å². The predicted octanol–water partition coefficient (Wildman–Crippen LogP) is 0.181. The first-order valence-corrected chi connectivity index (χ1v) is 8.92. The Morgan fingerprint density at radius 2 is 2.12 bits per heavy atom. The van der Waals surface area contributed by atoms with Crippen molar-refractivity contribution < 1.29 is 28.7 Å². The molecule has 0 aromatic carbocycles. The summed E-state index contributed by atoms with van der Waals surface area (Å²) in [6.07, 6.45) is 2.27. The molecule has 9 heteroatoms. The van der Waals surface area contributed by atoms with Gasteiger partial charge in [-0.05, 0) is 25.7 Å².